The third kappa shape index (κ3) is 5.77. The third-order valence-electron chi connectivity index (χ3n) is 4.11. The Hall–Kier alpha value is -2.00. The van der Waals surface area contributed by atoms with Crippen LogP contribution in [0.25, 0.3) is 0 Å². The zero-order chi connectivity index (χ0) is 18.2. The van der Waals surface area contributed by atoms with E-state index in [-0.39, 0.29) is 0 Å². The summed E-state index contributed by atoms with van der Waals surface area (Å²) in [5, 5.41) is 4.97. The zero-order valence-corrected chi connectivity index (χ0v) is 15.9. The Morgan fingerprint density at radius 2 is 1.46 bits per heavy atom. The number of nitrogens with one attached hydrogen (secondary N) is 1. The van der Waals surface area contributed by atoms with E-state index < -0.39 is 0 Å². The minimum atomic E-state index is 0.471. The molecule has 26 heavy (non-hydrogen) atoms. The van der Waals surface area contributed by atoms with E-state index in [1.54, 1.807) is 0 Å². The number of hydrogen-bond acceptors (Lipinski definition) is 2. The van der Waals surface area contributed by atoms with E-state index in [0.29, 0.717) is 6.61 Å². The molecule has 0 saturated carbocycles. The van der Waals surface area contributed by atoms with E-state index >= 15 is 0 Å². The number of halogens is 2. The Morgan fingerprint density at radius 1 is 0.769 bits per heavy atom. The summed E-state index contributed by atoms with van der Waals surface area (Å²) in [6, 6.07) is 23.9. The summed E-state index contributed by atoms with van der Waals surface area (Å²) in [5.41, 5.74) is 3.50. The molecule has 3 aromatic carbocycles. The molecule has 0 aromatic heterocycles. The minimum Gasteiger partial charge on any atom is -0.489 e. The average Bonchev–Trinajstić information content (AvgIpc) is 2.67. The summed E-state index contributed by atoms with van der Waals surface area (Å²) in [5.74, 6) is 0.842. The fraction of sp³-hybridized carbons (Fsp3) is 0.182. The van der Waals surface area contributed by atoms with Crippen molar-refractivity contribution in [2.45, 2.75) is 19.6 Å². The van der Waals surface area contributed by atoms with E-state index in [0.717, 1.165) is 40.9 Å². The van der Waals surface area contributed by atoms with Gasteiger partial charge in [-0.25, -0.2) is 0 Å². The number of benzene rings is 3. The molecule has 0 radical (unpaired) electrons. The molecule has 0 aliphatic heterocycles. The van der Waals surface area contributed by atoms with Crippen LogP contribution < -0.4 is 10.1 Å². The highest BCUT2D eigenvalue weighted by atomic mass is 35.5. The van der Waals surface area contributed by atoms with Gasteiger partial charge >= 0.3 is 0 Å². The quantitative estimate of drug-likeness (QED) is 0.487. The normalized spacial score (nSPS) is 10.7. The first-order chi connectivity index (χ1) is 12.7. The molecular weight excluding hydrogens is 365 g/mol. The Morgan fingerprint density at radius 3 is 2.19 bits per heavy atom. The van der Waals surface area contributed by atoms with Crippen LogP contribution in [0.2, 0.25) is 10.0 Å². The second-order valence-corrected chi connectivity index (χ2v) is 6.92. The smallest absolute Gasteiger partial charge is 0.119 e. The van der Waals surface area contributed by atoms with Crippen molar-refractivity contribution >= 4 is 23.2 Å². The highest BCUT2D eigenvalue weighted by molar-refractivity contribution is 6.31. The molecule has 0 unspecified atom stereocenters. The first-order valence-electron chi connectivity index (χ1n) is 8.61. The second kappa shape index (κ2) is 9.63. The standard InChI is InChI=1S/C22H21Cl2NO/c23-20-9-5-17(6-10-20)13-14-25-15-18-7-11-21(12-8-18)26-16-19-3-1-2-4-22(19)24/h1-12,25H,13-16H2. The van der Waals surface area contributed by atoms with Crippen molar-refractivity contribution in [3.05, 3.63) is 99.5 Å². The highest BCUT2D eigenvalue weighted by Gasteiger charge is 2.01. The summed E-state index contributed by atoms with van der Waals surface area (Å²) < 4.78 is 5.81. The van der Waals surface area contributed by atoms with Gasteiger partial charge in [-0.05, 0) is 54.4 Å². The van der Waals surface area contributed by atoms with Crippen molar-refractivity contribution in [2.75, 3.05) is 6.54 Å². The third-order valence-corrected chi connectivity index (χ3v) is 4.73. The van der Waals surface area contributed by atoms with Crippen molar-refractivity contribution in [2.24, 2.45) is 0 Å². The molecule has 2 nitrogen and oxygen atoms in total. The van der Waals surface area contributed by atoms with E-state index in [9.17, 15) is 0 Å². The Bertz CT molecular complexity index is 816. The predicted octanol–water partition coefficient (Wildman–Crippen LogP) is 5.90. The molecule has 0 bridgehead atoms. The van der Waals surface area contributed by atoms with E-state index in [1.165, 1.54) is 11.1 Å². The van der Waals surface area contributed by atoms with Gasteiger partial charge in [0.1, 0.15) is 12.4 Å². The molecule has 0 fully saturated rings. The molecule has 1 N–H and O–H groups in total. The van der Waals surface area contributed by atoms with Crippen LogP contribution in [0.4, 0.5) is 0 Å². The first-order valence-corrected chi connectivity index (χ1v) is 9.36. The summed E-state index contributed by atoms with van der Waals surface area (Å²) >= 11 is 12.0. The van der Waals surface area contributed by atoms with Crippen LogP contribution in [0.5, 0.6) is 5.75 Å². The van der Waals surface area contributed by atoms with Crippen LogP contribution in [-0.2, 0) is 19.6 Å². The van der Waals surface area contributed by atoms with Crippen LogP contribution in [0, 0.1) is 0 Å². The lowest BCUT2D eigenvalue weighted by molar-refractivity contribution is 0.306. The molecule has 3 rings (SSSR count). The Labute approximate surface area is 164 Å². The molecule has 0 aliphatic rings. The molecule has 0 spiro atoms. The van der Waals surface area contributed by atoms with Gasteiger partial charge in [0.15, 0.2) is 0 Å². The Balaban J connectivity index is 1.41. The van der Waals surface area contributed by atoms with Crippen LogP contribution in [-0.4, -0.2) is 6.54 Å². The van der Waals surface area contributed by atoms with E-state index in [2.05, 4.69) is 29.6 Å². The molecule has 0 amide bonds. The van der Waals surface area contributed by atoms with Gasteiger partial charge in [-0.15, -0.1) is 0 Å². The second-order valence-electron chi connectivity index (χ2n) is 6.08. The van der Waals surface area contributed by atoms with Crippen LogP contribution >= 0.6 is 23.2 Å². The summed E-state index contributed by atoms with van der Waals surface area (Å²) in [6.45, 7) is 2.23. The number of ether oxygens (including phenoxy) is 1. The summed E-state index contributed by atoms with van der Waals surface area (Å²) in [7, 11) is 0. The molecule has 134 valence electrons. The number of hydrogen-bond donors (Lipinski definition) is 1. The lowest BCUT2D eigenvalue weighted by Crippen LogP contribution is -2.16. The summed E-state index contributed by atoms with van der Waals surface area (Å²) in [4.78, 5) is 0. The molecule has 0 atom stereocenters. The van der Waals surface area contributed by atoms with Gasteiger partial charge < -0.3 is 10.1 Å². The molecule has 0 aliphatic carbocycles. The highest BCUT2D eigenvalue weighted by Crippen LogP contribution is 2.19. The van der Waals surface area contributed by atoms with Gasteiger partial charge in [0, 0.05) is 22.2 Å². The van der Waals surface area contributed by atoms with Gasteiger partial charge in [-0.1, -0.05) is 65.7 Å². The minimum absolute atomic E-state index is 0.471. The van der Waals surface area contributed by atoms with Crippen molar-refractivity contribution in [1.29, 1.82) is 0 Å². The van der Waals surface area contributed by atoms with Crippen molar-refractivity contribution in [1.82, 2.24) is 5.32 Å². The van der Waals surface area contributed by atoms with Crippen LogP contribution in [0.15, 0.2) is 72.8 Å². The zero-order valence-electron chi connectivity index (χ0n) is 14.4. The van der Waals surface area contributed by atoms with Gasteiger partial charge in [0.05, 0.1) is 0 Å². The Kier molecular flexibility index (Phi) is 6.96. The number of rotatable bonds is 8. The van der Waals surface area contributed by atoms with E-state index in [1.807, 2.05) is 48.5 Å². The molecule has 3 aromatic rings. The molecule has 4 heteroatoms. The van der Waals surface area contributed by atoms with E-state index in [4.69, 9.17) is 27.9 Å². The molecular formula is C22H21Cl2NO. The maximum absolute atomic E-state index is 6.14. The van der Waals surface area contributed by atoms with Gasteiger partial charge in [-0.3, -0.25) is 0 Å². The fourth-order valence-corrected chi connectivity index (χ4v) is 2.91. The fourth-order valence-electron chi connectivity index (χ4n) is 2.60. The van der Waals surface area contributed by atoms with Gasteiger partial charge in [-0.2, -0.15) is 0 Å². The predicted molar refractivity (Wildman–Crippen MR) is 109 cm³/mol. The van der Waals surface area contributed by atoms with Gasteiger partial charge in [0.25, 0.3) is 0 Å². The lowest BCUT2D eigenvalue weighted by atomic mass is 10.1. The van der Waals surface area contributed by atoms with Crippen molar-refractivity contribution < 1.29 is 4.74 Å². The topological polar surface area (TPSA) is 21.3 Å². The largest absolute Gasteiger partial charge is 0.489 e. The van der Waals surface area contributed by atoms with Crippen LogP contribution in [0.3, 0.4) is 0 Å². The first kappa shape index (κ1) is 18.8. The molecule has 0 heterocycles. The summed E-state index contributed by atoms with van der Waals surface area (Å²) in [6.07, 6.45) is 0.982. The SMILES string of the molecule is Clc1ccc(CCNCc2ccc(OCc3ccccc3Cl)cc2)cc1. The van der Waals surface area contributed by atoms with Gasteiger partial charge in [0.2, 0.25) is 0 Å². The van der Waals surface area contributed by atoms with Crippen LogP contribution in [0.1, 0.15) is 16.7 Å². The monoisotopic (exact) mass is 385 g/mol. The maximum Gasteiger partial charge on any atom is 0.119 e. The van der Waals surface area contributed by atoms with Crippen molar-refractivity contribution in [3.63, 3.8) is 0 Å². The van der Waals surface area contributed by atoms with Crippen molar-refractivity contribution in [3.8, 4) is 5.75 Å². The molecule has 0 saturated heterocycles. The maximum atomic E-state index is 6.14. The average molecular weight is 386 g/mol. The lowest BCUT2D eigenvalue weighted by Gasteiger charge is -2.09.